The van der Waals surface area contributed by atoms with E-state index in [1.54, 1.807) is 6.08 Å². The molecule has 1 aliphatic rings. The van der Waals surface area contributed by atoms with Gasteiger partial charge in [0.1, 0.15) is 22.2 Å². The molecule has 7 heteroatoms. The maximum atomic E-state index is 13.0. The summed E-state index contributed by atoms with van der Waals surface area (Å²) < 4.78 is 48.5. The summed E-state index contributed by atoms with van der Waals surface area (Å²) in [4.78, 5) is 12.4. The van der Waals surface area contributed by atoms with Gasteiger partial charge in [0.25, 0.3) is 0 Å². The summed E-state index contributed by atoms with van der Waals surface area (Å²) in [6.45, 7) is 2.06. The van der Waals surface area contributed by atoms with Gasteiger partial charge in [0.05, 0.1) is 5.56 Å². The molecule has 1 aliphatic heterocycles. The fraction of sp³-hybridized carbons (Fsp3) is 0.0870. The number of ether oxygens (including phenoxy) is 1. The van der Waals surface area contributed by atoms with E-state index in [0.29, 0.717) is 5.56 Å². The molecule has 5 nitrogen and oxygen atoms in total. The zero-order valence-electron chi connectivity index (χ0n) is 16.0. The zero-order valence-corrected chi connectivity index (χ0v) is 16.8. The van der Waals surface area contributed by atoms with Gasteiger partial charge in [-0.05, 0) is 60.0 Å². The normalized spacial score (nSPS) is 14.5. The highest BCUT2D eigenvalue weighted by Gasteiger charge is 2.28. The van der Waals surface area contributed by atoms with E-state index in [9.17, 15) is 17.6 Å². The number of hydrogen-bond donors (Lipinski definition) is 0. The quantitative estimate of drug-likeness (QED) is 0.436. The van der Waals surface area contributed by atoms with Crippen LogP contribution in [-0.2, 0) is 16.5 Å². The Morgan fingerprint density at radius 3 is 2.37 bits per heavy atom. The van der Waals surface area contributed by atoms with Crippen molar-refractivity contribution in [2.45, 2.75) is 18.2 Å². The molecule has 3 aromatic rings. The Morgan fingerprint density at radius 2 is 1.70 bits per heavy atom. The molecule has 0 saturated heterocycles. The van der Waals surface area contributed by atoms with Crippen LogP contribution in [0.3, 0.4) is 0 Å². The Balaban J connectivity index is 1.57. The number of aryl methyl sites for hydroxylation is 1. The second-order valence-electron chi connectivity index (χ2n) is 6.68. The number of allylic oxidation sites excluding steroid dienone is 1. The van der Waals surface area contributed by atoms with E-state index in [1.165, 1.54) is 23.8 Å². The van der Waals surface area contributed by atoms with Crippen molar-refractivity contribution in [1.29, 1.82) is 0 Å². The van der Waals surface area contributed by atoms with Crippen LogP contribution in [-0.4, -0.2) is 14.2 Å². The minimum Gasteiger partial charge on any atom is -0.452 e. The van der Waals surface area contributed by atoms with Crippen molar-refractivity contribution in [3.05, 3.63) is 95.0 Å². The summed E-state index contributed by atoms with van der Waals surface area (Å²) in [5, 5.41) is 0. The minimum absolute atomic E-state index is 0.0144. The third kappa shape index (κ3) is 3.97. The third-order valence-corrected chi connectivity index (χ3v) is 5.90. The average Bonchev–Trinajstić information content (AvgIpc) is 3.03. The van der Waals surface area contributed by atoms with Crippen molar-refractivity contribution in [3.8, 4) is 11.5 Å². The van der Waals surface area contributed by atoms with Gasteiger partial charge < -0.3 is 8.92 Å². The zero-order chi connectivity index (χ0) is 21.3. The van der Waals surface area contributed by atoms with Crippen molar-refractivity contribution in [2.75, 3.05) is 0 Å². The molecule has 0 radical (unpaired) electrons. The molecule has 0 spiro atoms. The molecule has 0 atom stereocenters. The number of ketones is 1. The Bertz CT molecular complexity index is 1240. The first-order valence-electron chi connectivity index (χ1n) is 9.23. The Labute approximate surface area is 173 Å². The van der Waals surface area contributed by atoms with E-state index in [2.05, 4.69) is 6.92 Å². The average molecular weight is 424 g/mol. The first kappa shape index (κ1) is 19.8. The van der Waals surface area contributed by atoms with Crippen LogP contribution in [0.5, 0.6) is 11.5 Å². The number of rotatable bonds is 5. The molecule has 0 aromatic heterocycles. The van der Waals surface area contributed by atoms with Crippen LogP contribution in [0.15, 0.2) is 77.4 Å². The molecule has 0 saturated carbocycles. The summed E-state index contributed by atoms with van der Waals surface area (Å²) >= 11 is 0. The monoisotopic (exact) mass is 424 g/mol. The second-order valence-corrected chi connectivity index (χ2v) is 8.23. The van der Waals surface area contributed by atoms with Gasteiger partial charge >= 0.3 is 10.1 Å². The second kappa shape index (κ2) is 7.76. The number of fused-ring (bicyclic) bond motifs is 1. The van der Waals surface area contributed by atoms with Gasteiger partial charge in [0, 0.05) is 6.07 Å². The summed E-state index contributed by atoms with van der Waals surface area (Å²) in [5.74, 6) is -0.505. The molecular weight excluding hydrogens is 407 g/mol. The topological polar surface area (TPSA) is 69.7 Å². The lowest BCUT2D eigenvalue weighted by molar-refractivity contribution is 0.101. The Morgan fingerprint density at radius 1 is 1.00 bits per heavy atom. The van der Waals surface area contributed by atoms with Gasteiger partial charge in [-0.1, -0.05) is 31.2 Å². The lowest BCUT2D eigenvalue weighted by atomic mass is 10.1. The molecule has 3 aromatic carbocycles. The van der Waals surface area contributed by atoms with Crippen LogP contribution in [0.1, 0.15) is 28.4 Å². The number of Topliss-reactive ketones (excluding diaryl/α,β-unsaturated/α-hetero) is 1. The molecule has 4 rings (SSSR count). The van der Waals surface area contributed by atoms with E-state index in [-0.39, 0.29) is 27.9 Å². The Hall–Kier alpha value is -3.45. The standard InChI is InChI=1S/C23H17FO5S/c1-2-15-3-5-16(6-4-15)13-22-23(25)20-12-9-18(14-21(20)28-22)29-30(26,27)19-10-7-17(24)8-11-19/h3-14H,2H2,1H3/b22-13-. The Kier molecular flexibility index (Phi) is 5.13. The fourth-order valence-electron chi connectivity index (χ4n) is 3.00. The maximum Gasteiger partial charge on any atom is 0.339 e. The van der Waals surface area contributed by atoms with Crippen LogP contribution >= 0.6 is 0 Å². The summed E-state index contributed by atoms with van der Waals surface area (Å²) in [7, 11) is -4.15. The molecule has 0 aliphatic carbocycles. The maximum absolute atomic E-state index is 13.0. The lowest BCUT2D eigenvalue weighted by Gasteiger charge is -2.08. The van der Waals surface area contributed by atoms with Crippen molar-refractivity contribution in [1.82, 2.24) is 0 Å². The van der Waals surface area contributed by atoms with Crippen LogP contribution in [0.4, 0.5) is 4.39 Å². The van der Waals surface area contributed by atoms with Gasteiger partial charge in [-0.15, -0.1) is 0 Å². The molecule has 0 amide bonds. The van der Waals surface area contributed by atoms with Crippen molar-refractivity contribution in [2.24, 2.45) is 0 Å². The van der Waals surface area contributed by atoms with Crippen LogP contribution in [0.2, 0.25) is 0 Å². The smallest absolute Gasteiger partial charge is 0.339 e. The van der Waals surface area contributed by atoms with Gasteiger partial charge in [-0.2, -0.15) is 8.42 Å². The third-order valence-electron chi connectivity index (χ3n) is 4.64. The van der Waals surface area contributed by atoms with Crippen molar-refractivity contribution < 1.29 is 26.5 Å². The lowest BCUT2D eigenvalue weighted by Crippen LogP contribution is -2.09. The number of benzene rings is 3. The number of hydrogen-bond acceptors (Lipinski definition) is 5. The molecule has 1 heterocycles. The molecule has 0 fully saturated rings. The van der Waals surface area contributed by atoms with Crippen molar-refractivity contribution in [3.63, 3.8) is 0 Å². The van der Waals surface area contributed by atoms with E-state index >= 15 is 0 Å². The largest absolute Gasteiger partial charge is 0.452 e. The molecule has 30 heavy (non-hydrogen) atoms. The predicted octanol–water partition coefficient (Wildman–Crippen LogP) is 4.77. The molecular formula is C23H17FO5S. The first-order chi connectivity index (χ1) is 14.4. The molecule has 152 valence electrons. The van der Waals surface area contributed by atoms with E-state index in [1.807, 2.05) is 24.3 Å². The summed E-state index contributed by atoms with van der Waals surface area (Å²) in [6.07, 6.45) is 2.55. The van der Waals surface area contributed by atoms with E-state index in [4.69, 9.17) is 8.92 Å². The number of halogens is 1. The fourth-order valence-corrected chi connectivity index (χ4v) is 3.92. The van der Waals surface area contributed by atoms with Gasteiger partial charge in [-0.25, -0.2) is 4.39 Å². The highest BCUT2D eigenvalue weighted by Crippen LogP contribution is 2.35. The van der Waals surface area contributed by atoms with E-state index in [0.717, 1.165) is 36.2 Å². The number of carbonyl (C=O) groups excluding carboxylic acids is 1. The summed E-state index contributed by atoms with van der Waals surface area (Å²) in [6, 6.07) is 16.2. The van der Waals surface area contributed by atoms with E-state index < -0.39 is 15.9 Å². The van der Waals surface area contributed by atoms with Crippen molar-refractivity contribution >= 4 is 22.0 Å². The van der Waals surface area contributed by atoms with Gasteiger partial charge in [0.15, 0.2) is 5.76 Å². The first-order valence-corrected chi connectivity index (χ1v) is 10.6. The molecule has 0 unspecified atom stereocenters. The number of carbonyl (C=O) groups is 1. The van der Waals surface area contributed by atoms with Gasteiger partial charge in [-0.3, -0.25) is 4.79 Å². The highest BCUT2D eigenvalue weighted by atomic mass is 32.2. The molecule has 0 N–H and O–H groups in total. The van der Waals surface area contributed by atoms with Crippen LogP contribution in [0.25, 0.3) is 6.08 Å². The minimum atomic E-state index is -4.15. The molecule has 0 bridgehead atoms. The SMILES string of the molecule is CCc1ccc(/C=C2\Oc3cc(OS(=O)(=O)c4ccc(F)cc4)ccc3C2=O)cc1. The highest BCUT2D eigenvalue weighted by molar-refractivity contribution is 7.87. The predicted molar refractivity (Wildman–Crippen MR) is 109 cm³/mol. The van der Waals surface area contributed by atoms with Crippen LogP contribution < -0.4 is 8.92 Å². The summed E-state index contributed by atoms with van der Waals surface area (Å²) in [5.41, 5.74) is 2.32. The van der Waals surface area contributed by atoms with Gasteiger partial charge in [0.2, 0.25) is 5.78 Å². The van der Waals surface area contributed by atoms with Crippen LogP contribution in [0, 0.1) is 5.82 Å².